The Bertz CT molecular complexity index is 467. The molecule has 84 valence electrons. The van der Waals surface area contributed by atoms with Gasteiger partial charge in [0.2, 0.25) is 0 Å². The Kier molecular flexibility index (Phi) is 3.36. The Balaban J connectivity index is 2.37. The minimum absolute atomic E-state index is 0.362. The highest BCUT2D eigenvalue weighted by molar-refractivity contribution is 9.10. The molecule has 0 saturated heterocycles. The molecule has 2 aromatic rings. The van der Waals surface area contributed by atoms with Crippen LogP contribution in [0.5, 0.6) is 0 Å². The Morgan fingerprint density at radius 3 is 2.88 bits per heavy atom. The Hall–Kier alpha value is -1.20. The van der Waals surface area contributed by atoms with Crippen LogP contribution < -0.4 is 5.73 Å². The first-order valence-corrected chi connectivity index (χ1v) is 5.86. The van der Waals surface area contributed by atoms with Crippen LogP contribution >= 0.6 is 15.9 Å². The molecule has 1 atom stereocenters. The Morgan fingerprint density at radius 1 is 1.50 bits per heavy atom. The fourth-order valence-electron chi connectivity index (χ4n) is 1.48. The third kappa shape index (κ3) is 2.15. The molecule has 2 N–H and O–H groups in total. The number of benzene rings is 1. The summed E-state index contributed by atoms with van der Waals surface area (Å²) in [5.74, 6) is 0.362. The van der Waals surface area contributed by atoms with Crippen molar-refractivity contribution in [1.82, 2.24) is 14.8 Å². The number of aromatic nitrogens is 3. The lowest BCUT2D eigenvalue weighted by Gasteiger charge is -2.11. The minimum atomic E-state index is 0.362. The molecular weight excluding hydrogens is 268 g/mol. The molecule has 0 fully saturated rings. The van der Waals surface area contributed by atoms with E-state index in [4.69, 9.17) is 5.73 Å². The predicted octanol–water partition coefficient (Wildman–Crippen LogP) is 2.09. The predicted molar refractivity (Wildman–Crippen MR) is 66.5 cm³/mol. The summed E-state index contributed by atoms with van der Waals surface area (Å²) in [4.78, 5) is 3.92. The molecule has 0 aliphatic rings. The van der Waals surface area contributed by atoms with Crippen molar-refractivity contribution in [2.45, 2.75) is 12.8 Å². The fourth-order valence-corrected chi connectivity index (χ4v) is 2.06. The van der Waals surface area contributed by atoms with Crippen LogP contribution in [0, 0.1) is 0 Å². The zero-order valence-corrected chi connectivity index (χ0v) is 10.6. The molecule has 4 nitrogen and oxygen atoms in total. The van der Waals surface area contributed by atoms with E-state index in [0.717, 1.165) is 10.2 Å². The van der Waals surface area contributed by atoms with Crippen LogP contribution in [0.15, 0.2) is 35.3 Å². The van der Waals surface area contributed by atoms with E-state index in [0.29, 0.717) is 12.5 Å². The number of rotatable bonds is 3. The van der Waals surface area contributed by atoms with Crippen molar-refractivity contribution in [3.8, 4) is 5.69 Å². The largest absolute Gasteiger partial charge is 0.330 e. The lowest BCUT2D eigenvalue weighted by Crippen LogP contribution is -2.09. The van der Waals surface area contributed by atoms with E-state index in [-0.39, 0.29) is 0 Å². The summed E-state index contributed by atoms with van der Waals surface area (Å²) >= 11 is 3.54. The molecule has 16 heavy (non-hydrogen) atoms. The maximum Gasteiger partial charge on any atom is 0.138 e. The van der Waals surface area contributed by atoms with Gasteiger partial charge in [-0.1, -0.05) is 13.0 Å². The highest BCUT2D eigenvalue weighted by Crippen LogP contribution is 2.25. The highest BCUT2D eigenvalue weighted by atomic mass is 79.9. The summed E-state index contributed by atoms with van der Waals surface area (Å²) < 4.78 is 2.72. The van der Waals surface area contributed by atoms with Gasteiger partial charge in [0, 0.05) is 4.47 Å². The van der Waals surface area contributed by atoms with Gasteiger partial charge in [0.25, 0.3) is 0 Å². The smallest absolute Gasteiger partial charge is 0.138 e. The van der Waals surface area contributed by atoms with Gasteiger partial charge in [-0.3, -0.25) is 0 Å². The average molecular weight is 281 g/mol. The molecule has 5 heteroatoms. The topological polar surface area (TPSA) is 56.7 Å². The molecule has 1 unspecified atom stereocenters. The Morgan fingerprint density at radius 2 is 2.31 bits per heavy atom. The second-order valence-electron chi connectivity index (χ2n) is 3.69. The van der Waals surface area contributed by atoms with E-state index in [2.05, 4.69) is 45.1 Å². The van der Waals surface area contributed by atoms with E-state index in [1.165, 1.54) is 11.9 Å². The van der Waals surface area contributed by atoms with Gasteiger partial charge in [-0.15, -0.1) is 0 Å². The molecule has 0 radical (unpaired) electrons. The molecule has 0 spiro atoms. The van der Waals surface area contributed by atoms with Crippen LogP contribution in [0.2, 0.25) is 0 Å². The van der Waals surface area contributed by atoms with Gasteiger partial charge in [0.05, 0.1) is 5.69 Å². The average Bonchev–Trinajstić information content (AvgIpc) is 2.81. The lowest BCUT2D eigenvalue weighted by atomic mass is 10.0. The van der Waals surface area contributed by atoms with Gasteiger partial charge >= 0.3 is 0 Å². The summed E-state index contributed by atoms with van der Waals surface area (Å²) in [5.41, 5.74) is 7.84. The van der Waals surface area contributed by atoms with Crippen molar-refractivity contribution in [2.75, 3.05) is 6.54 Å². The molecule has 2 rings (SSSR count). The number of hydrogen-bond acceptors (Lipinski definition) is 3. The lowest BCUT2D eigenvalue weighted by molar-refractivity contribution is 0.771. The standard InChI is InChI=1S/C11H13BrN4/c1-8(5-13)9-2-3-11(10(12)4-9)16-7-14-6-15-16/h2-4,6-8H,5,13H2,1H3. The summed E-state index contributed by atoms with van der Waals surface area (Å²) in [6.07, 6.45) is 3.19. The molecule has 1 heterocycles. The van der Waals surface area contributed by atoms with Crippen LogP contribution in [0.4, 0.5) is 0 Å². The Labute approximate surface area is 103 Å². The highest BCUT2D eigenvalue weighted by Gasteiger charge is 2.08. The quantitative estimate of drug-likeness (QED) is 0.937. The van der Waals surface area contributed by atoms with Gasteiger partial charge in [-0.25, -0.2) is 9.67 Å². The number of hydrogen-bond donors (Lipinski definition) is 1. The van der Waals surface area contributed by atoms with Crippen LogP contribution in [-0.2, 0) is 0 Å². The first-order valence-electron chi connectivity index (χ1n) is 5.07. The van der Waals surface area contributed by atoms with Gasteiger partial charge in [0.1, 0.15) is 12.7 Å². The van der Waals surface area contributed by atoms with Crippen molar-refractivity contribution < 1.29 is 0 Å². The van der Waals surface area contributed by atoms with Crippen molar-refractivity contribution in [3.63, 3.8) is 0 Å². The van der Waals surface area contributed by atoms with Crippen LogP contribution in [-0.4, -0.2) is 21.3 Å². The summed E-state index contributed by atoms with van der Waals surface area (Å²) in [7, 11) is 0. The summed E-state index contributed by atoms with van der Waals surface area (Å²) in [5, 5.41) is 4.09. The zero-order valence-electron chi connectivity index (χ0n) is 8.97. The third-order valence-corrected chi connectivity index (χ3v) is 3.20. The number of halogens is 1. The summed E-state index contributed by atoms with van der Waals surface area (Å²) in [6, 6.07) is 6.16. The van der Waals surface area contributed by atoms with Gasteiger partial charge < -0.3 is 5.73 Å². The van der Waals surface area contributed by atoms with E-state index < -0.39 is 0 Å². The van der Waals surface area contributed by atoms with E-state index in [1.807, 2.05) is 6.07 Å². The van der Waals surface area contributed by atoms with Crippen LogP contribution in [0.25, 0.3) is 5.69 Å². The monoisotopic (exact) mass is 280 g/mol. The molecule has 0 aliphatic carbocycles. The van der Waals surface area contributed by atoms with Gasteiger partial charge in [-0.2, -0.15) is 5.10 Å². The zero-order chi connectivity index (χ0) is 11.5. The molecule has 0 aliphatic heterocycles. The van der Waals surface area contributed by atoms with Crippen molar-refractivity contribution >= 4 is 15.9 Å². The normalized spacial score (nSPS) is 12.7. The second kappa shape index (κ2) is 4.76. The summed E-state index contributed by atoms with van der Waals surface area (Å²) in [6.45, 7) is 2.76. The maximum atomic E-state index is 5.64. The van der Waals surface area contributed by atoms with E-state index in [9.17, 15) is 0 Å². The van der Waals surface area contributed by atoms with Crippen LogP contribution in [0.3, 0.4) is 0 Å². The van der Waals surface area contributed by atoms with Gasteiger partial charge in [0.15, 0.2) is 0 Å². The third-order valence-electron chi connectivity index (χ3n) is 2.56. The molecule has 0 amide bonds. The van der Waals surface area contributed by atoms with Crippen molar-refractivity contribution in [1.29, 1.82) is 0 Å². The number of nitrogens with zero attached hydrogens (tertiary/aromatic N) is 3. The second-order valence-corrected chi connectivity index (χ2v) is 4.54. The van der Waals surface area contributed by atoms with E-state index >= 15 is 0 Å². The molecule has 0 saturated carbocycles. The first-order chi connectivity index (χ1) is 7.72. The fraction of sp³-hybridized carbons (Fsp3) is 0.273. The molecule has 1 aromatic carbocycles. The number of nitrogens with two attached hydrogens (primary N) is 1. The SMILES string of the molecule is CC(CN)c1ccc(-n2cncn2)c(Br)c1. The first kappa shape index (κ1) is 11.3. The van der Waals surface area contributed by atoms with Crippen molar-refractivity contribution in [2.24, 2.45) is 5.73 Å². The molecule has 0 bridgehead atoms. The minimum Gasteiger partial charge on any atom is -0.330 e. The van der Waals surface area contributed by atoms with Crippen molar-refractivity contribution in [3.05, 3.63) is 40.9 Å². The maximum absolute atomic E-state index is 5.64. The van der Waals surface area contributed by atoms with Crippen LogP contribution in [0.1, 0.15) is 18.4 Å². The van der Waals surface area contributed by atoms with E-state index in [1.54, 1.807) is 11.0 Å². The van der Waals surface area contributed by atoms with Gasteiger partial charge in [-0.05, 0) is 46.1 Å². The molecule has 1 aromatic heterocycles. The molecular formula is C11H13BrN4.